The fraction of sp³-hybridized carbons (Fsp3) is 0.308. The molecule has 2 aromatic rings. The maximum absolute atomic E-state index is 12.3. The van der Waals surface area contributed by atoms with Gasteiger partial charge in [-0.25, -0.2) is 0 Å². The molecule has 3 nitrogen and oxygen atoms in total. The minimum absolute atomic E-state index is 0.0530. The van der Waals surface area contributed by atoms with Crippen molar-refractivity contribution < 1.29 is 4.79 Å². The molecule has 0 unspecified atom stereocenters. The third-order valence-electron chi connectivity index (χ3n) is 3.24. The number of hydrogen-bond acceptors (Lipinski definition) is 3. The van der Waals surface area contributed by atoms with Gasteiger partial charge in [0.25, 0.3) is 5.91 Å². The number of fused-ring (bicyclic) bond motifs is 1. The summed E-state index contributed by atoms with van der Waals surface area (Å²) in [6.45, 7) is 1.68. The molecule has 5 heteroatoms. The van der Waals surface area contributed by atoms with E-state index in [0.717, 1.165) is 36.0 Å². The van der Waals surface area contributed by atoms with Gasteiger partial charge < -0.3 is 10.6 Å². The third kappa shape index (κ3) is 1.85. The summed E-state index contributed by atoms with van der Waals surface area (Å²) in [5.74, 6) is 0.0530. The molecule has 1 aromatic carbocycles. The summed E-state index contributed by atoms with van der Waals surface area (Å²) in [7, 11) is 0. The van der Waals surface area contributed by atoms with Crippen LogP contribution in [0.2, 0.25) is 5.02 Å². The number of carbonyl (C=O) groups is 1. The molecule has 18 heavy (non-hydrogen) atoms. The zero-order chi connectivity index (χ0) is 12.7. The van der Waals surface area contributed by atoms with Crippen LogP contribution in [0, 0.1) is 0 Å². The van der Waals surface area contributed by atoms with Crippen LogP contribution in [0.3, 0.4) is 0 Å². The van der Waals surface area contributed by atoms with E-state index in [0.29, 0.717) is 15.6 Å². The first kappa shape index (κ1) is 11.8. The highest BCUT2D eigenvalue weighted by atomic mass is 35.5. The molecule has 0 saturated carbocycles. The number of hydrogen-bond donors (Lipinski definition) is 1. The van der Waals surface area contributed by atoms with E-state index in [2.05, 4.69) is 0 Å². The molecule has 1 fully saturated rings. The summed E-state index contributed by atoms with van der Waals surface area (Å²) in [6, 6.07) is 5.56. The number of anilines is 1. The molecule has 0 aliphatic carbocycles. The first-order chi connectivity index (χ1) is 8.66. The van der Waals surface area contributed by atoms with Crippen molar-refractivity contribution in [3.63, 3.8) is 0 Å². The second-order valence-corrected chi connectivity index (χ2v) is 5.93. The van der Waals surface area contributed by atoms with Crippen LogP contribution >= 0.6 is 22.9 Å². The summed E-state index contributed by atoms with van der Waals surface area (Å²) < 4.78 is 0.975. The maximum Gasteiger partial charge on any atom is 0.265 e. The Morgan fingerprint density at radius 3 is 2.78 bits per heavy atom. The van der Waals surface area contributed by atoms with Crippen LogP contribution in [0.5, 0.6) is 0 Å². The molecule has 1 saturated heterocycles. The molecule has 0 spiro atoms. The van der Waals surface area contributed by atoms with Crippen molar-refractivity contribution in [3.8, 4) is 0 Å². The molecule has 2 heterocycles. The highest BCUT2D eigenvalue weighted by molar-refractivity contribution is 7.21. The zero-order valence-electron chi connectivity index (χ0n) is 9.78. The lowest BCUT2D eigenvalue weighted by Crippen LogP contribution is -2.26. The first-order valence-electron chi connectivity index (χ1n) is 5.93. The number of carbonyl (C=O) groups excluding carboxylic acids is 1. The molecule has 0 atom stereocenters. The van der Waals surface area contributed by atoms with Crippen LogP contribution in [0.15, 0.2) is 18.2 Å². The van der Waals surface area contributed by atoms with Gasteiger partial charge >= 0.3 is 0 Å². The Bertz CT molecular complexity index is 617. The van der Waals surface area contributed by atoms with Crippen molar-refractivity contribution in [3.05, 3.63) is 28.1 Å². The molecule has 0 radical (unpaired) electrons. The van der Waals surface area contributed by atoms with Gasteiger partial charge in [0.05, 0.1) is 5.02 Å². The van der Waals surface area contributed by atoms with Crippen LogP contribution in [0.4, 0.5) is 5.69 Å². The largest absolute Gasteiger partial charge is 0.399 e. The third-order valence-corrected chi connectivity index (χ3v) is 4.89. The fourth-order valence-corrected chi connectivity index (χ4v) is 3.81. The molecule has 2 N–H and O–H groups in total. The summed E-state index contributed by atoms with van der Waals surface area (Å²) in [5, 5.41) is 1.48. The van der Waals surface area contributed by atoms with Crippen molar-refractivity contribution in [2.24, 2.45) is 0 Å². The van der Waals surface area contributed by atoms with Gasteiger partial charge in [-0.05, 0) is 31.0 Å². The quantitative estimate of drug-likeness (QED) is 0.814. The SMILES string of the molecule is Nc1ccc2c(Cl)c(C(=O)N3CCCC3)sc2c1. The van der Waals surface area contributed by atoms with E-state index in [1.54, 1.807) is 0 Å². The standard InChI is InChI=1S/C13H13ClN2OS/c14-11-9-4-3-8(15)7-10(9)18-12(11)13(17)16-5-1-2-6-16/h3-4,7H,1-2,5-6,15H2. The second kappa shape index (κ2) is 4.44. The van der Waals surface area contributed by atoms with E-state index in [1.807, 2.05) is 23.1 Å². The highest BCUT2D eigenvalue weighted by Crippen LogP contribution is 2.37. The number of halogens is 1. The molecular weight excluding hydrogens is 268 g/mol. The van der Waals surface area contributed by atoms with Gasteiger partial charge in [-0.1, -0.05) is 11.6 Å². The Labute approximate surface area is 114 Å². The molecule has 1 aromatic heterocycles. The number of amides is 1. The molecule has 1 amide bonds. The topological polar surface area (TPSA) is 46.3 Å². The summed E-state index contributed by atoms with van der Waals surface area (Å²) >= 11 is 7.73. The zero-order valence-corrected chi connectivity index (χ0v) is 11.4. The Morgan fingerprint density at radius 2 is 2.06 bits per heavy atom. The molecule has 1 aliphatic heterocycles. The van der Waals surface area contributed by atoms with E-state index in [9.17, 15) is 4.79 Å². The Kier molecular flexibility index (Phi) is 2.92. The second-order valence-electron chi connectivity index (χ2n) is 4.50. The molecular formula is C13H13ClN2OS. The van der Waals surface area contributed by atoms with Crippen molar-refractivity contribution in [2.45, 2.75) is 12.8 Å². The number of nitrogens with zero attached hydrogens (tertiary/aromatic N) is 1. The van der Waals surface area contributed by atoms with Crippen molar-refractivity contribution in [1.29, 1.82) is 0 Å². The molecule has 0 bridgehead atoms. The summed E-state index contributed by atoms with van der Waals surface area (Å²) in [4.78, 5) is 14.9. The number of nitrogens with two attached hydrogens (primary N) is 1. The first-order valence-corrected chi connectivity index (χ1v) is 7.13. The van der Waals surface area contributed by atoms with Gasteiger partial charge in [0.15, 0.2) is 0 Å². The minimum atomic E-state index is 0.0530. The highest BCUT2D eigenvalue weighted by Gasteiger charge is 2.24. The number of nitrogen functional groups attached to an aromatic ring is 1. The predicted molar refractivity (Wildman–Crippen MR) is 76.4 cm³/mol. The van der Waals surface area contributed by atoms with Crippen LogP contribution in [0.1, 0.15) is 22.5 Å². The molecule has 1 aliphatic rings. The monoisotopic (exact) mass is 280 g/mol. The Balaban J connectivity index is 2.06. The lowest BCUT2D eigenvalue weighted by atomic mass is 10.2. The van der Waals surface area contributed by atoms with Crippen molar-refractivity contribution in [2.75, 3.05) is 18.8 Å². The number of rotatable bonds is 1. The van der Waals surface area contributed by atoms with E-state index < -0.39 is 0 Å². The normalized spacial score (nSPS) is 15.5. The van der Waals surface area contributed by atoms with Crippen LogP contribution in [-0.4, -0.2) is 23.9 Å². The van der Waals surface area contributed by atoms with E-state index in [4.69, 9.17) is 17.3 Å². The smallest absolute Gasteiger partial charge is 0.265 e. The van der Waals surface area contributed by atoms with Crippen molar-refractivity contribution in [1.82, 2.24) is 4.90 Å². The number of likely N-dealkylation sites (tertiary alicyclic amines) is 1. The van der Waals surface area contributed by atoms with Gasteiger partial charge in [-0.2, -0.15) is 0 Å². The van der Waals surface area contributed by atoms with Gasteiger partial charge in [0.1, 0.15) is 4.88 Å². The van der Waals surface area contributed by atoms with Gasteiger partial charge in [0, 0.05) is 28.9 Å². The van der Waals surface area contributed by atoms with E-state index in [-0.39, 0.29) is 5.91 Å². The van der Waals surface area contributed by atoms with Crippen LogP contribution < -0.4 is 5.73 Å². The van der Waals surface area contributed by atoms with E-state index in [1.165, 1.54) is 11.3 Å². The maximum atomic E-state index is 12.3. The number of thiophene rings is 1. The van der Waals surface area contributed by atoms with Crippen molar-refractivity contribution >= 4 is 44.6 Å². The minimum Gasteiger partial charge on any atom is -0.399 e. The summed E-state index contributed by atoms with van der Waals surface area (Å²) in [5.41, 5.74) is 6.44. The average molecular weight is 281 g/mol. The summed E-state index contributed by atoms with van der Waals surface area (Å²) in [6.07, 6.45) is 2.17. The average Bonchev–Trinajstić information content (AvgIpc) is 2.97. The number of benzene rings is 1. The fourth-order valence-electron chi connectivity index (χ4n) is 2.28. The van der Waals surface area contributed by atoms with Gasteiger partial charge in [-0.15, -0.1) is 11.3 Å². The van der Waals surface area contributed by atoms with Gasteiger partial charge in [0.2, 0.25) is 0 Å². The van der Waals surface area contributed by atoms with Crippen LogP contribution in [-0.2, 0) is 0 Å². The predicted octanol–water partition coefficient (Wildman–Crippen LogP) is 3.37. The Morgan fingerprint density at radius 1 is 1.33 bits per heavy atom. The Hall–Kier alpha value is -1.26. The van der Waals surface area contributed by atoms with E-state index >= 15 is 0 Å². The molecule has 94 valence electrons. The van der Waals surface area contributed by atoms with Gasteiger partial charge in [-0.3, -0.25) is 4.79 Å². The lowest BCUT2D eigenvalue weighted by Gasteiger charge is -2.13. The lowest BCUT2D eigenvalue weighted by molar-refractivity contribution is 0.0798. The molecule has 3 rings (SSSR count). The van der Waals surface area contributed by atoms with Crippen LogP contribution in [0.25, 0.3) is 10.1 Å².